The van der Waals surface area contributed by atoms with Gasteiger partial charge in [-0.2, -0.15) is 9.67 Å². The first-order valence-corrected chi connectivity index (χ1v) is 7.97. The number of benzene rings is 1. The molecule has 0 amide bonds. The van der Waals surface area contributed by atoms with Crippen molar-refractivity contribution in [2.75, 3.05) is 6.61 Å². The van der Waals surface area contributed by atoms with E-state index in [2.05, 4.69) is 17.0 Å². The molecule has 5 nitrogen and oxygen atoms in total. The quantitative estimate of drug-likeness (QED) is 0.759. The molecule has 6 heteroatoms. The van der Waals surface area contributed by atoms with Gasteiger partial charge in [0.1, 0.15) is 0 Å². The highest BCUT2D eigenvalue weighted by Crippen LogP contribution is 2.32. The Hall–Kier alpha value is -1.88. The van der Waals surface area contributed by atoms with Crippen molar-refractivity contribution in [3.63, 3.8) is 0 Å². The molecule has 1 saturated carbocycles. The average Bonchev–Trinajstić information content (AvgIpc) is 3.28. The van der Waals surface area contributed by atoms with Gasteiger partial charge in [0.15, 0.2) is 5.82 Å². The van der Waals surface area contributed by atoms with Gasteiger partial charge in [0.25, 0.3) is 5.91 Å². The van der Waals surface area contributed by atoms with Gasteiger partial charge in [0.05, 0.1) is 6.61 Å². The summed E-state index contributed by atoms with van der Waals surface area (Å²) in [6, 6.07) is 7.47. The zero-order chi connectivity index (χ0) is 15.5. The molecule has 0 spiro atoms. The second-order valence-corrected chi connectivity index (χ2v) is 5.89. The van der Waals surface area contributed by atoms with Crippen LogP contribution in [0.4, 0.5) is 0 Å². The van der Waals surface area contributed by atoms with E-state index in [9.17, 15) is 4.79 Å². The molecular formula is C16H18ClN3O2. The number of unbranched alkanes of at least 4 members (excludes halogenated alkanes) is 1. The monoisotopic (exact) mass is 319 g/mol. The predicted molar refractivity (Wildman–Crippen MR) is 84.2 cm³/mol. The standard InChI is InChI=1S/C16H18ClN3O2/c1-2-3-10-22-16-18-14(11-6-8-13(17)9-7-11)20(19-16)15(21)12-4-5-12/h6-9,12H,2-5,10H2,1H3. The second-order valence-electron chi connectivity index (χ2n) is 5.45. The van der Waals surface area contributed by atoms with Gasteiger partial charge in [0, 0.05) is 16.5 Å². The van der Waals surface area contributed by atoms with Crippen molar-refractivity contribution >= 4 is 17.5 Å². The molecule has 0 atom stereocenters. The smallest absolute Gasteiger partial charge is 0.336 e. The highest BCUT2D eigenvalue weighted by Gasteiger charge is 2.33. The first-order chi connectivity index (χ1) is 10.7. The zero-order valence-electron chi connectivity index (χ0n) is 12.5. The third kappa shape index (κ3) is 3.30. The molecule has 1 aliphatic rings. The van der Waals surface area contributed by atoms with Gasteiger partial charge in [-0.3, -0.25) is 4.79 Å². The highest BCUT2D eigenvalue weighted by molar-refractivity contribution is 6.30. The van der Waals surface area contributed by atoms with E-state index in [1.807, 2.05) is 12.1 Å². The fourth-order valence-corrected chi connectivity index (χ4v) is 2.23. The van der Waals surface area contributed by atoms with Crippen LogP contribution in [0.15, 0.2) is 24.3 Å². The lowest BCUT2D eigenvalue weighted by molar-refractivity contribution is 0.0869. The van der Waals surface area contributed by atoms with E-state index in [0.29, 0.717) is 17.5 Å². The van der Waals surface area contributed by atoms with E-state index in [1.54, 1.807) is 12.1 Å². The number of carbonyl (C=O) groups excluding carboxylic acids is 1. The number of ether oxygens (including phenoxy) is 1. The van der Waals surface area contributed by atoms with E-state index in [1.165, 1.54) is 4.68 Å². The largest absolute Gasteiger partial charge is 0.462 e. The number of aromatic nitrogens is 3. The van der Waals surface area contributed by atoms with Crippen LogP contribution in [-0.4, -0.2) is 27.3 Å². The van der Waals surface area contributed by atoms with Crippen LogP contribution in [0.2, 0.25) is 5.02 Å². The summed E-state index contributed by atoms with van der Waals surface area (Å²) in [7, 11) is 0. The molecule has 1 aromatic carbocycles. The normalized spacial score (nSPS) is 14.1. The Morgan fingerprint density at radius 2 is 2.09 bits per heavy atom. The molecule has 0 bridgehead atoms. The first kappa shape index (κ1) is 15.0. The van der Waals surface area contributed by atoms with Crippen LogP contribution in [0, 0.1) is 5.92 Å². The molecule has 1 heterocycles. The molecule has 0 unspecified atom stereocenters. The topological polar surface area (TPSA) is 57.0 Å². The van der Waals surface area contributed by atoms with Crippen molar-refractivity contribution in [2.45, 2.75) is 32.6 Å². The summed E-state index contributed by atoms with van der Waals surface area (Å²) in [5.41, 5.74) is 0.802. The lowest BCUT2D eigenvalue weighted by Crippen LogP contribution is -2.15. The average molecular weight is 320 g/mol. The Balaban J connectivity index is 1.91. The molecule has 2 aromatic rings. The van der Waals surface area contributed by atoms with Crippen molar-refractivity contribution in [3.05, 3.63) is 29.3 Å². The summed E-state index contributed by atoms with van der Waals surface area (Å²) in [6.07, 6.45) is 3.81. The van der Waals surface area contributed by atoms with E-state index < -0.39 is 0 Å². The first-order valence-electron chi connectivity index (χ1n) is 7.59. The SMILES string of the molecule is CCCCOc1nc(-c2ccc(Cl)cc2)n(C(=O)C2CC2)n1. The molecule has 3 rings (SSSR count). The number of halogens is 1. The maximum Gasteiger partial charge on any atom is 0.336 e. The molecule has 0 N–H and O–H groups in total. The summed E-state index contributed by atoms with van der Waals surface area (Å²) in [5.74, 6) is 0.569. The summed E-state index contributed by atoms with van der Waals surface area (Å²) in [6.45, 7) is 2.64. The fraction of sp³-hybridized carbons (Fsp3) is 0.438. The maximum absolute atomic E-state index is 12.4. The third-order valence-electron chi connectivity index (χ3n) is 3.55. The van der Waals surface area contributed by atoms with Gasteiger partial charge < -0.3 is 4.74 Å². The van der Waals surface area contributed by atoms with Gasteiger partial charge in [-0.15, -0.1) is 5.10 Å². The van der Waals surface area contributed by atoms with Crippen LogP contribution in [0.3, 0.4) is 0 Å². The van der Waals surface area contributed by atoms with E-state index in [-0.39, 0.29) is 17.8 Å². The van der Waals surface area contributed by atoms with Crippen molar-refractivity contribution in [2.24, 2.45) is 5.92 Å². The van der Waals surface area contributed by atoms with Crippen LogP contribution in [0.1, 0.15) is 37.4 Å². The van der Waals surface area contributed by atoms with Gasteiger partial charge in [-0.05, 0) is 43.5 Å². The van der Waals surface area contributed by atoms with Crippen molar-refractivity contribution in [3.8, 4) is 17.4 Å². The summed E-state index contributed by atoms with van der Waals surface area (Å²) >= 11 is 5.92. The van der Waals surface area contributed by atoms with Crippen LogP contribution in [0.25, 0.3) is 11.4 Å². The highest BCUT2D eigenvalue weighted by atomic mass is 35.5. The van der Waals surface area contributed by atoms with E-state index in [4.69, 9.17) is 16.3 Å². The molecular weight excluding hydrogens is 302 g/mol. The molecule has 0 radical (unpaired) electrons. The van der Waals surface area contributed by atoms with Crippen molar-refractivity contribution < 1.29 is 9.53 Å². The maximum atomic E-state index is 12.4. The lowest BCUT2D eigenvalue weighted by Gasteiger charge is -2.03. The Morgan fingerprint density at radius 3 is 2.73 bits per heavy atom. The summed E-state index contributed by atoms with van der Waals surface area (Å²) in [5, 5.41) is 4.88. The lowest BCUT2D eigenvalue weighted by atomic mass is 10.2. The number of hydrogen-bond acceptors (Lipinski definition) is 4. The summed E-state index contributed by atoms with van der Waals surface area (Å²) < 4.78 is 6.92. The van der Waals surface area contributed by atoms with Gasteiger partial charge in [0.2, 0.25) is 0 Å². The van der Waals surface area contributed by atoms with E-state index in [0.717, 1.165) is 31.2 Å². The molecule has 0 saturated heterocycles. The minimum Gasteiger partial charge on any atom is -0.462 e. The minimum atomic E-state index is -0.0113. The second kappa shape index (κ2) is 6.48. The van der Waals surface area contributed by atoms with Crippen molar-refractivity contribution in [1.82, 2.24) is 14.8 Å². The predicted octanol–water partition coefficient (Wildman–Crippen LogP) is 3.83. The van der Waals surface area contributed by atoms with Crippen molar-refractivity contribution in [1.29, 1.82) is 0 Å². The number of nitrogens with zero attached hydrogens (tertiary/aromatic N) is 3. The minimum absolute atomic E-state index is 0.0113. The summed E-state index contributed by atoms with van der Waals surface area (Å²) in [4.78, 5) is 16.8. The van der Waals surface area contributed by atoms with Crippen LogP contribution < -0.4 is 4.74 Å². The third-order valence-corrected chi connectivity index (χ3v) is 3.81. The van der Waals surface area contributed by atoms with Gasteiger partial charge >= 0.3 is 6.01 Å². The molecule has 0 aliphatic heterocycles. The molecule has 1 aliphatic carbocycles. The number of rotatable bonds is 6. The molecule has 1 aromatic heterocycles. The Labute approximate surface area is 134 Å². The van der Waals surface area contributed by atoms with Crippen LogP contribution in [-0.2, 0) is 0 Å². The molecule has 116 valence electrons. The number of hydrogen-bond donors (Lipinski definition) is 0. The van der Waals surface area contributed by atoms with Gasteiger partial charge in [-0.25, -0.2) is 0 Å². The Morgan fingerprint density at radius 1 is 1.36 bits per heavy atom. The fourth-order valence-electron chi connectivity index (χ4n) is 2.10. The molecule has 22 heavy (non-hydrogen) atoms. The Kier molecular flexibility index (Phi) is 4.43. The van der Waals surface area contributed by atoms with Gasteiger partial charge in [-0.1, -0.05) is 24.9 Å². The van der Waals surface area contributed by atoms with Crippen LogP contribution in [0.5, 0.6) is 6.01 Å². The zero-order valence-corrected chi connectivity index (χ0v) is 13.2. The number of carbonyl (C=O) groups is 1. The Bertz CT molecular complexity index is 663. The molecule has 1 fully saturated rings. The van der Waals surface area contributed by atoms with Crippen LogP contribution >= 0.6 is 11.6 Å². The van der Waals surface area contributed by atoms with E-state index >= 15 is 0 Å².